The van der Waals surface area contributed by atoms with E-state index in [1.807, 2.05) is 24.3 Å². The van der Waals surface area contributed by atoms with Crippen molar-refractivity contribution in [2.45, 2.75) is 63.8 Å². The Morgan fingerprint density at radius 2 is 1.81 bits per heavy atom. The van der Waals surface area contributed by atoms with E-state index >= 15 is 0 Å². The second-order valence-electron chi connectivity index (χ2n) is 7.92. The Hall–Kier alpha value is -3.23. The van der Waals surface area contributed by atoms with Gasteiger partial charge in [0.05, 0.1) is 7.11 Å². The Morgan fingerprint density at radius 3 is 2.45 bits per heavy atom. The average Bonchev–Trinajstić information content (AvgIpc) is 3.38. The highest BCUT2D eigenvalue weighted by Gasteiger charge is 2.38. The Balaban J connectivity index is 1.40. The predicted molar refractivity (Wildman–Crippen MR) is 111 cm³/mol. The second kappa shape index (κ2) is 9.28. The van der Waals surface area contributed by atoms with Gasteiger partial charge in [0.1, 0.15) is 11.3 Å². The number of hydrogen-bond acceptors (Lipinski definition) is 8. The van der Waals surface area contributed by atoms with Gasteiger partial charge in [0.2, 0.25) is 23.5 Å². The van der Waals surface area contributed by atoms with Gasteiger partial charge in [-0.3, -0.25) is 4.79 Å². The van der Waals surface area contributed by atoms with Crippen LogP contribution in [0.5, 0.6) is 5.75 Å². The average molecular weight is 425 g/mol. The van der Waals surface area contributed by atoms with Gasteiger partial charge in [-0.05, 0) is 37.1 Å². The van der Waals surface area contributed by atoms with Crippen molar-refractivity contribution in [3.05, 3.63) is 41.9 Å². The van der Waals surface area contributed by atoms with Crippen molar-refractivity contribution >= 4 is 5.91 Å². The molecule has 1 fully saturated rings. The zero-order valence-corrected chi connectivity index (χ0v) is 17.9. The van der Waals surface area contributed by atoms with E-state index in [1.54, 1.807) is 14.0 Å². The number of aromatic nitrogens is 4. The van der Waals surface area contributed by atoms with E-state index < -0.39 is 5.54 Å². The van der Waals surface area contributed by atoms with Gasteiger partial charge in [-0.2, -0.15) is 9.97 Å². The zero-order chi connectivity index (χ0) is 21.7. The summed E-state index contributed by atoms with van der Waals surface area (Å²) in [5, 5.41) is 11.3. The van der Waals surface area contributed by atoms with E-state index in [1.165, 1.54) is 0 Å². The molecule has 31 heavy (non-hydrogen) atoms. The van der Waals surface area contributed by atoms with Crippen LogP contribution in [0.3, 0.4) is 0 Å². The Morgan fingerprint density at radius 1 is 1.06 bits per heavy atom. The normalized spacial score (nSPS) is 15.9. The lowest BCUT2D eigenvalue weighted by molar-refractivity contribution is -0.123. The maximum Gasteiger partial charge on any atom is 0.227 e. The molecule has 164 valence electrons. The molecule has 0 radical (unpaired) electrons. The summed E-state index contributed by atoms with van der Waals surface area (Å²) in [6.45, 7) is 1.76. The smallest absolute Gasteiger partial charge is 0.227 e. The number of nitrogens with one attached hydrogen (secondary N) is 1. The molecule has 1 amide bonds. The van der Waals surface area contributed by atoms with Gasteiger partial charge in [-0.25, -0.2) is 0 Å². The van der Waals surface area contributed by atoms with Gasteiger partial charge in [0, 0.05) is 25.3 Å². The number of amides is 1. The summed E-state index contributed by atoms with van der Waals surface area (Å²) in [6.07, 6.45) is 6.53. The summed E-state index contributed by atoms with van der Waals surface area (Å²) in [5.41, 5.74) is 0.249. The zero-order valence-electron chi connectivity index (χ0n) is 17.9. The summed E-state index contributed by atoms with van der Waals surface area (Å²) in [4.78, 5) is 21.7. The molecule has 1 aromatic carbocycles. The minimum Gasteiger partial charge on any atom is -0.497 e. The lowest BCUT2D eigenvalue weighted by Crippen LogP contribution is -2.46. The third kappa shape index (κ3) is 4.92. The summed E-state index contributed by atoms with van der Waals surface area (Å²) in [6, 6.07) is 7.40. The number of rotatable bonds is 7. The fraction of sp³-hybridized carbons (Fsp3) is 0.500. The minimum absolute atomic E-state index is 0.0893. The summed E-state index contributed by atoms with van der Waals surface area (Å²) in [7, 11) is 1.62. The highest BCUT2D eigenvalue weighted by molar-refractivity contribution is 5.77. The Bertz CT molecular complexity index is 1000. The highest BCUT2D eigenvalue weighted by Crippen LogP contribution is 2.34. The third-order valence-corrected chi connectivity index (χ3v) is 5.67. The van der Waals surface area contributed by atoms with E-state index in [0.717, 1.165) is 49.8 Å². The first-order valence-corrected chi connectivity index (χ1v) is 10.7. The number of carbonyl (C=O) groups excluding carboxylic acids is 1. The van der Waals surface area contributed by atoms with E-state index in [4.69, 9.17) is 13.8 Å². The summed E-state index contributed by atoms with van der Waals surface area (Å²) >= 11 is 0. The van der Waals surface area contributed by atoms with Crippen molar-refractivity contribution in [2.24, 2.45) is 0 Å². The lowest BCUT2D eigenvalue weighted by Gasteiger charge is -2.30. The number of hydrogen-bond donors (Lipinski definition) is 1. The van der Waals surface area contributed by atoms with Crippen LogP contribution < -0.4 is 10.1 Å². The first-order valence-electron chi connectivity index (χ1n) is 10.7. The molecule has 3 aromatic rings. The van der Waals surface area contributed by atoms with Gasteiger partial charge in [0.25, 0.3) is 0 Å². The summed E-state index contributed by atoms with van der Waals surface area (Å²) < 4.78 is 15.7. The number of benzene rings is 1. The maximum absolute atomic E-state index is 12.8. The van der Waals surface area contributed by atoms with Crippen LogP contribution in [-0.4, -0.2) is 33.3 Å². The van der Waals surface area contributed by atoms with Gasteiger partial charge < -0.3 is 19.1 Å². The number of carbonyl (C=O) groups is 1. The summed E-state index contributed by atoms with van der Waals surface area (Å²) in [5.74, 6) is 2.65. The van der Waals surface area contributed by atoms with Crippen molar-refractivity contribution in [3.8, 4) is 17.1 Å². The quantitative estimate of drug-likeness (QED) is 0.569. The molecule has 4 rings (SSSR count). The Labute approximate surface area is 180 Å². The minimum atomic E-state index is -0.575. The molecule has 1 aliphatic carbocycles. The van der Waals surface area contributed by atoms with E-state index in [-0.39, 0.29) is 12.3 Å². The predicted octanol–water partition coefficient (Wildman–Crippen LogP) is 3.74. The van der Waals surface area contributed by atoms with Crippen LogP contribution >= 0.6 is 0 Å². The van der Waals surface area contributed by atoms with Crippen molar-refractivity contribution < 1.29 is 18.6 Å². The first-order chi connectivity index (χ1) is 15.1. The molecule has 0 spiro atoms. The van der Waals surface area contributed by atoms with Crippen LogP contribution in [0.4, 0.5) is 0 Å². The fourth-order valence-corrected chi connectivity index (χ4v) is 3.99. The van der Waals surface area contributed by atoms with E-state index in [9.17, 15) is 4.79 Å². The van der Waals surface area contributed by atoms with Crippen LogP contribution in [0.25, 0.3) is 11.4 Å². The first kappa shape index (κ1) is 21.0. The molecule has 9 nitrogen and oxygen atoms in total. The fourth-order valence-electron chi connectivity index (χ4n) is 3.99. The Kier molecular flexibility index (Phi) is 6.29. The SMILES string of the molecule is COc1ccc(-c2noc(CCC(=O)NC3(c4noc(C)n4)CCCCCC3)n2)cc1. The highest BCUT2D eigenvalue weighted by atomic mass is 16.5. The van der Waals surface area contributed by atoms with Crippen LogP contribution in [0, 0.1) is 6.92 Å². The molecule has 2 heterocycles. The van der Waals surface area contributed by atoms with Gasteiger partial charge in [0.15, 0.2) is 5.82 Å². The number of methoxy groups -OCH3 is 1. The van der Waals surface area contributed by atoms with Crippen molar-refractivity contribution in [1.29, 1.82) is 0 Å². The number of nitrogens with zero attached hydrogens (tertiary/aromatic N) is 4. The largest absolute Gasteiger partial charge is 0.497 e. The maximum atomic E-state index is 12.8. The molecule has 1 N–H and O–H groups in total. The van der Waals surface area contributed by atoms with Crippen molar-refractivity contribution in [2.75, 3.05) is 7.11 Å². The van der Waals surface area contributed by atoms with Gasteiger partial charge >= 0.3 is 0 Å². The molecule has 9 heteroatoms. The molecule has 0 unspecified atom stereocenters. The van der Waals surface area contributed by atoms with Crippen LogP contribution in [0.2, 0.25) is 0 Å². The molecule has 0 atom stereocenters. The lowest BCUT2D eigenvalue weighted by atomic mass is 9.89. The number of ether oxygens (including phenoxy) is 1. The van der Waals surface area contributed by atoms with Crippen LogP contribution in [0.1, 0.15) is 62.6 Å². The van der Waals surface area contributed by atoms with E-state index in [2.05, 4.69) is 25.6 Å². The van der Waals surface area contributed by atoms with Crippen molar-refractivity contribution in [1.82, 2.24) is 25.6 Å². The van der Waals surface area contributed by atoms with E-state index in [0.29, 0.717) is 29.9 Å². The molecule has 1 aliphatic rings. The molecule has 0 saturated heterocycles. The monoisotopic (exact) mass is 425 g/mol. The molecule has 2 aromatic heterocycles. The topological polar surface area (TPSA) is 116 Å². The second-order valence-corrected chi connectivity index (χ2v) is 7.92. The molecule has 0 aliphatic heterocycles. The molecular formula is C22H27N5O4. The molecule has 0 bridgehead atoms. The molecular weight excluding hydrogens is 398 g/mol. The molecule has 1 saturated carbocycles. The van der Waals surface area contributed by atoms with Crippen LogP contribution in [-0.2, 0) is 16.8 Å². The van der Waals surface area contributed by atoms with Crippen molar-refractivity contribution in [3.63, 3.8) is 0 Å². The standard InChI is InChI=1S/C22H27N5O4/c1-15-23-21(27-30-15)22(13-5-3-4-6-14-22)25-18(28)11-12-19-24-20(26-31-19)16-7-9-17(29-2)10-8-16/h7-10H,3-6,11-14H2,1-2H3,(H,25,28). The van der Waals surface area contributed by atoms with Gasteiger partial charge in [-0.15, -0.1) is 0 Å². The third-order valence-electron chi connectivity index (χ3n) is 5.67. The van der Waals surface area contributed by atoms with Crippen LogP contribution in [0.15, 0.2) is 33.3 Å². The number of aryl methyl sites for hydroxylation is 2. The van der Waals surface area contributed by atoms with Gasteiger partial charge in [-0.1, -0.05) is 36.0 Å².